The zero-order chi connectivity index (χ0) is 31.8. The predicted molar refractivity (Wildman–Crippen MR) is 172 cm³/mol. The lowest BCUT2D eigenvalue weighted by Gasteiger charge is -2.30. The highest BCUT2D eigenvalue weighted by Gasteiger charge is 2.26. The van der Waals surface area contributed by atoms with Gasteiger partial charge in [-0.1, -0.05) is 77.3 Å². The van der Waals surface area contributed by atoms with Crippen LogP contribution < -0.4 is 10.7 Å². The fraction of sp³-hybridized carbons (Fsp3) is 0.514. The highest BCUT2D eigenvalue weighted by molar-refractivity contribution is 6.00. The van der Waals surface area contributed by atoms with Gasteiger partial charge in [-0.2, -0.15) is 0 Å². The fourth-order valence-electron chi connectivity index (χ4n) is 4.89. The Labute approximate surface area is 258 Å². The first-order chi connectivity index (χ1) is 20.6. The molecule has 2 rings (SSSR count). The van der Waals surface area contributed by atoms with E-state index in [1.807, 2.05) is 58.0 Å². The Morgan fingerprint density at radius 1 is 0.930 bits per heavy atom. The number of aliphatic hydroxyl groups excluding tert-OH is 1. The molecule has 0 aromatic heterocycles. The molecule has 0 aliphatic heterocycles. The van der Waals surface area contributed by atoms with E-state index in [1.54, 1.807) is 28.1 Å². The molecule has 0 saturated carbocycles. The summed E-state index contributed by atoms with van der Waals surface area (Å²) in [7, 11) is 0. The van der Waals surface area contributed by atoms with Crippen LogP contribution in [0.5, 0.6) is 0 Å². The molecular weight excluding hydrogens is 540 g/mol. The average molecular weight is 591 g/mol. The van der Waals surface area contributed by atoms with Crippen molar-refractivity contribution in [3.63, 3.8) is 0 Å². The number of nitrogens with one attached hydrogen (secondary N) is 2. The van der Waals surface area contributed by atoms with Gasteiger partial charge >= 0.3 is 0 Å². The monoisotopic (exact) mass is 590 g/mol. The zero-order valence-electron chi connectivity index (χ0n) is 26.6. The normalized spacial score (nSPS) is 12.4. The lowest BCUT2D eigenvalue weighted by atomic mass is 9.99. The molecule has 8 heteroatoms. The van der Waals surface area contributed by atoms with E-state index in [0.29, 0.717) is 43.6 Å². The summed E-state index contributed by atoms with van der Waals surface area (Å²) in [5.41, 5.74) is 4.93. The van der Waals surface area contributed by atoms with Gasteiger partial charge in [0.15, 0.2) is 0 Å². The summed E-state index contributed by atoms with van der Waals surface area (Å²) in [6, 6.07) is 13.7. The number of aliphatic hydroxyl groups is 1. The third-order valence-corrected chi connectivity index (χ3v) is 7.03. The predicted octanol–water partition coefficient (Wildman–Crippen LogP) is 4.81. The highest BCUT2D eigenvalue weighted by atomic mass is 16.3. The van der Waals surface area contributed by atoms with Crippen LogP contribution in [0.4, 0.5) is 0 Å². The number of carbonyl (C=O) groups excluding carboxylic acids is 3. The van der Waals surface area contributed by atoms with Crippen LogP contribution in [0, 0.1) is 18.3 Å². The van der Waals surface area contributed by atoms with Gasteiger partial charge in [-0.25, -0.2) is 5.01 Å². The van der Waals surface area contributed by atoms with Crippen LogP contribution in [-0.2, 0) is 11.2 Å². The SMILES string of the molecule is C#Cc1cc(C(=O)NC(Cc2ccccc2)C(O)CN(CCCC)NC(=O)CC(C)C)cc(C(=O)N(CCC)CCC)c1. The van der Waals surface area contributed by atoms with Gasteiger partial charge in [0.1, 0.15) is 0 Å². The van der Waals surface area contributed by atoms with Crippen LogP contribution in [0.15, 0.2) is 48.5 Å². The first-order valence-corrected chi connectivity index (χ1v) is 15.6. The maximum Gasteiger partial charge on any atom is 0.253 e. The zero-order valence-corrected chi connectivity index (χ0v) is 26.6. The Hall–Kier alpha value is -3.67. The van der Waals surface area contributed by atoms with Gasteiger partial charge in [-0.3, -0.25) is 19.8 Å². The number of nitrogens with zero attached hydrogens (tertiary/aromatic N) is 2. The second-order valence-corrected chi connectivity index (χ2v) is 11.5. The topological polar surface area (TPSA) is 102 Å². The maximum atomic E-state index is 13.7. The van der Waals surface area contributed by atoms with Gasteiger partial charge in [-0.15, -0.1) is 6.42 Å². The minimum absolute atomic E-state index is 0.106. The molecule has 43 heavy (non-hydrogen) atoms. The number of amides is 3. The largest absolute Gasteiger partial charge is 0.390 e. The summed E-state index contributed by atoms with van der Waals surface area (Å²) in [4.78, 5) is 41.4. The molecule has 0 aliphatic carbocycles. The molecule has 234 valence electrons. The van der Waals surface area contributed by atoms with Crippen LogP contribution in [0.25, 0.3) is 0 Å². The number of unbranched alkanes of at least 4 members (excludes halogenated alkanes) is 1. The molecule has 0 aliphatic rings. The van der Waals surface area contributed by atoms with E-state index < -0.39 is 18.1 Å². The quantitative estimate of drug-likeness (QED) is 0.171. The van der Waals surface area contributed by atoms with Gasteiger partial charge in [-0.05, 0) is 55.4 Å². The fourth-order valence-corrected chi connectivity index (χ4v) is 4.89. The van der Waals surface area contributed by atoms with E-state index >= 15 is 0 Å². The Bertz CT molecular complexity index is 1200. The Kier molecular flexibility index (Phi) is 15.5. The molecule has 0 spiro atoms. The summed E-state index contributed by atoms with van der Waals surface area (Å²) in [6.07, 6.45) is 8.87. The van der Waals surface area contributed by atoms with E-state index in [-0.39, 0.29) is 29.8 Å². The molecule has 2 aromatic carbocycles. The van der Waals surface area contributed by atoms with Crippen molar-refractivity contribution in [2.75, 3.05) is 26.2 Å². The lowest BCUT2D eigenvalue weighted by Crippen LogP contribution is -2.53. The van der Waals surface area contributed by atoms with Gasteiger partial charge in [0.2, 0.25) is 5.91 Å². The standard InChI is InChI=1S/C35H50N4O4/c1-7-11-19-39(37-33(41)20-26(5)6)25-32(40)31(23-28-15-13-12-14-16-28)36-34(42)29-21-27(10-4)22-30(24-29)35(43)38(17-8-2)18-9-3/h4,12-16,21-22,24,26,31-32,40H,7-9,11,17-20,23,25H2,1-3,5-6H3,(H,36,42)(H,37,41). The van der Waals surface area contributed by atoms with Crippen LogP contribution in [0.3, 0.4) is 0 Å². The molecule has 8 nitrogen and oxygen atoms in total. The lowest BCUT2D eigenvalue weighted by molar-refractivity contribution is -0.127. The molecule has 0 saturated heterocycles. The number of hydrogen-bond donors (Lipinski definition) is 3. The van der Waals surface area contributed by atoms with Crippen molar-refractivity contribution in [3.8, 4) is 12.3 Å². The van der Waals surface area contributed by atoms with Crippen LogP contribution in [0.2, 0.25) is 0 Å². The number of carbonyl (C=O) groups is 3. The van der Waals surface area contributed by atoms with E-state index in [9.17, 15) is 19.5 Å². The first-order valence-electron chi connectivity index (χ1n) is 15.6. The summed E-state index contributed by atoms with van der Waals surface area (Å²) >= 11 is 0. The van der Waals surface area contributed by atoms with E-state index in [2.05, 4.69) is 23.6 Å². The summed E-state index contributed by atoms with van der Waals surface area (Å²) in [5, 5.41) is 16.2. The highest BCUT2D eigenvalue weighted by Crippen LogP contribution is 2.16. The van der Waals surface area contributed by atoms with Gasteiger partial charge in [0.25, 0.3) is 11.8 Å². The molecule has 0 fully saturated rings. The third-order valence-electron chi connectivity index (χ3n) is 7.03. The van der Waals surface area contributed by atoms with Gasteiger partial charge in [0.05, 0.1) is 12.1 Å². The molecule has 2 unspecified atom stereocenters. The molecular formula is C35H50N4O4. The molecule has 2 aromatic rings. The van der Waals surface area contributed by atoms with Gasteiger partial charge < -0.3 is 15.3 Å². The smallest absolute Gasteiger partial charge is 0.253 e. The van der Waals surface area contributed by atoms with Crippen molar-refractivity contribution in [2.24, 2.45) is 5.92 Å². The van der Waals surface area contributed by atoms with Crippen molar-refractivity contribution in [1.29, 1.82) is 0 Å². The van der Waals surface area contributed by atoms with Crippen LogP contribution >= 0.6 is 0 Å². The third kappa shape index (κ3) is 12.2. The number of hydrazine groups is 1. The van der Waals surface area contributed by atoms with Gasteiger partial charge in [0, 0.05) is 49.3 Å². The molecule has 3 N–H and O–H groups in total. The maximum absolute atomic E-state index is 13.7. The minimum Gasteiger partial charge on any atom is -0.390 e. The molecule has 2 atom stereocenters. The summed E-state index contributed by atoms with van der Waals surface area (Å²) < 4.78 is 0. The van der Waals surface area contributed by atoms with Crippen LogP contribution in [-0.4, -0.2) is 71.1 Å². The Morgan fingerprint density at radius 2 is 1.58 bits per heavy atom. The minimum atomic E-state index is -0.998. The summed E-state index contributed by atoms with van der Waals surface area (Å²) in [5.74, 6) is 2.06. The second kappa shape index (κ2) is 18.8. The number of rotatable bonds is 18. The van der Waals surface area contributed by atoms with Crippen molar-refractivity contribution in [3.05, 3.63) is 70.8 Å². The van der Waals surface area contributed by atoms with Crippen molar-refractivity contribution in [2.45, 2.75) is 85.3 Å². The van der Waals surface area contributed by atoms with Crippen molar-refractivity contribution in [1.82, 2.24) is 20.7 Å². The van der Waals surface area contributed by atoms with E-state index in [1.165, 1.54) is 0 Å². The van der Waals surface area contributed by atoms with Crippen molar-refractivity contribution < 1.29 is 19.5 Å². The average Bonchev–Trinajstić information content (AvgIpc) is 2.98. The number of terminal acetylenes is 1. The van der Waals surface area contributed by atoms with Crippen molar-refractivity contribution >= 4 is 17.7 Å². The Balaban J connectivity index is 2.35. The molecule has 0 heterocycles. The van der Waals surface area contributed by atoms with E-state index in [0.717, 1.165) is 31.2 Å². The Morgan fingerprint density at radius 3 is 2.16 bits per heavy atom. The van der Waals surface area contributed by atoms with E-state index in [4.69, 9.17) is 6.42 Å². The molecule has 0 bridgehead atoms. The van der Waals surface area contributed by atoms with Crippen LogP contribution in [0.1, 0.15) is 98.6 Å². The molecule has 0 radical (unpaired) electrons. The molecule has 3 amide bonds. The number of benzene rings is 2. The first kappa shape index (κ1) is 35.5. The number of hydrogen-bond acceptors (Lipinski definition) is 5. The summed E-state index contributed by atoms with van der Waals surface area (Å²) in [6.45, 7) is 12.0. The second-order valence-electron chi connectivity index (χ2n) is 11.5.